The van der Waals surface area contributed by atoms with Crippen molar-refractivity contribution in [2.75, 3.05) is 26.2 Å². The van der Waals surface area contributed by atoms with E-state index in [1.165, 1.54) is 12.0 Å². The van der Waals surface area contributed by atoms with Gasteiger partial charge in [0.05, 0.1) is 11.1 Å². The van der Waals surface area contributed by atoms with E-state index in [1.54, 1.807) is 12.3 Å². The van der Waals surface area contributed by atoms with E-state index >= 15 is 0 Å². The van der Waals surface area contributed by atoms with Crippen LogP contribution in [0.5, 0.6) is 0 Å². The average molecular weight is 431 g/mol. The third kappa shape index (κ3) is 4.38. The fourth-order valence-corrected chi connectivity index (χ4v) is 5.14. The quantitative estimate of drug-likeness (QED) is 0.681. The molecule has 32 heavy (non-hydrogen) atoms. The van der Waals surface area contributed by atoms with Crippen molar-refractivity contribution in [3.63, 3.8) is 0 Å². The van der Waals surface area contributed by atoms with Gasteiger partial charge in [0, 0.05) is 43.5 Å². The highest BCUT2D eigenvalue weighted by atomic mass is 16.3. The fourth-order valence-electron chi connectivity index (χ4n) is 5.14. The van der Waals surface area contributed by atoms with Crippen molar-refractivity contribution in [2.45, 2.75) is 43.7 Å². The largest absolute Gasteiger partial charge is 0.388 e. The Bertz CT molecular complexity index is 1080. The Labute approximate surface area is 188 Å². The number of nitrogens with zero attached hydrogens (tertiary/aromatic N) is 4. The molecule has 6 nitrogen and oxygen atoms in total. The monoisotopic (exact) mass is 430 g/mol. The van der Waals surface area contributed by atoms with Crippen LogP contribution in [0, 0.1) is 0 Å². The van der Waals surface area contributed by atoms with Crippen LogP contribution in [0.15, 0.2) is 60.9 Å². The molecular weight excluding hydrogens is 400 g/mol. The SMILES string of the molecule is O=C(c1ccc2ccccc2n1)N1CCC(O)(CN2CCCC[C@H]2c2cccnc2)CC1. The molecule has 1 amide bonds. The van der Waals surface area contributed by atoms with Gasteiger partial charge in [-0.25, -0.2) is 4.98 Å². The van der Waals surface area contributed by atoms with E-state index in [-0.39, 0.29) is 5.91 Å². The molecule has 166 valence electrons. The molecule has 0 bridgehead atoms. The summed E-state index contributed by atoms with van der Waals surface area (Å²) in [6, 6.07) is 16.0. The summed E-state index contributed by atoms with van der Waals surface area (Å²) < 4.78 is 0. The molecule has 1 N–H and O–H groups in total. The first kappa shape index (κ1) is 21.0. The maximum atomic E-state index is 13.0. The molecule has 0 aliphatic carbocycles. The van der Waals surface area contributed by atoms with Gasteiger partial charge in [0.2, 0.25) is 0 Å². The number of aliphatic hydroxyl groups is 1. The summed E-state index contributed by atoms with van der Waals surface area (Å²) in [4.78, 5) is 26.2. The first-order chi connectivity index (χ1) is 15.6. The Balaban J connectivity index is 1.24. The molecule has 1 atom stereocenters. The van der Waals surface area contributed by atoms with Crippen molar-refractivity contribution >= 4 is 16.8 Å². The summed E-state index contributed by atoms with van der Waals surface area (Å²) in [6.07, 6.45) is 8.39. The van der Waals surface area contributed by atoms with Crippen molar-refractivity contribution < 1.29 is 9.90 Å². The standard InChI is InChI=1S/C26H30N4O2/c31-25(23-11-10-20-6-1-2-8-22(20)28-23)29-16-12-26(32,13-17-29)19-30-15-4-3-9-24(30)21-7-5-14-27-18-21/h1-2,5-8,10-11,14,18,24,32H,3-4,9,12-13,15-17,19H2/t24-/m0/s1. The Morgan fingerprint density at radius 1 is 1.03 bits per heavy atom. The summed E-state index contributed by atoms with van der Waals surface area (Å²) in [5, 5.41) is 12.4. The van der Waals surface area contributed by atoms with Gasteiger partial charge in [-0.05, 0) is 56.0 Å². The van der Waals surface area contributed by atoms with E-state index < -0.39 is 5.60 Å². The molecule has 0 saturated carbocycles. The fraction of sp³-hybridized carbons (Fsp3) is 0.423. The van der Waals surface area contributed by atoms with Crippen LogP contribution < -0.4 is 0 Å². The minimum absolute atomic E-state index is 0.0518. The molecule has 2 aromatic heterocycles. The molecule has 3 aromatic rings. The second-order valence-corrected chi connectivity index (χ2v) is 9.17. The van der Waals surface area contributed by atoms with E-state index in [2.05, 4.69) is 20.9 Å². The van der Waals surface area contributed by atoms with Crippen LogP contribution in [0.3, 0.4) is 0 Å². The summed E-state index contributed by atoms with van der Waals surface area (Å²) in [7, 11) is 0. The summed E-state index contributed by atoms with van der Waals surface area (Å²) in [6.45, 7) is 2.73. The number of aromatic nitrogens is 2. The van der Waals surface area contributed by atoms with Crippen LogP contribution in [0.1, 0.15) is 54.2 Å². The smallest absolute Gasteiger partial charge is 0.272 e. The minimum atomic E-state index is -0.772. The van der Waals surface area contributed by atoms with Crippen molar-refractivity contribution in [3.8, 4) is 0 Å². The Morgan fingerprint density at radius 2 is 1.88 bits per heavy atom. The maximum absolute atomic E-state index is 13.0. The number of β-amino-alcohol motifs (C(OH)–C–C–N with tert-alkyl or cyclic N) is 1. The number of fused-ring (bicyclic) bond motifs is 1. The number of para-hydroxylation sites is 1. The molecule has 2 fully saturated rings. The summed E-state index contributed by atoms with van der Waals surface area (Å²) >= 11 is 0. The molecule has 6 heteroatoms. The van der Waals surface area contributed by atoms with Crippen LogP contribution in [-0.2, 0) is 0 Å². The molecular formula is C26H30N4O2. The van der Waals surface area contributed by atoms with Gasteiger partial charge in [-0.1, -0.05) is 36.8 Å². The van der Waals surface area contributed by atoms with Crippen molar-refractivity contribution in [2.24, 2.45) is 0 Å². The van der Waals surface area contributed by atoms with Gasteiger partial charge in [-0.2, -0.15) is 0 Å². The molecule has 2 aliphatic rings. The lowest BCUT2D eigenvalue weighted by atomic mass is 9.88. The van der Waals surface area contributed by atoms with Gasteiger partial charge in [0.15, 0.2) is 0 Å². The number of piperidine rings is 2. The van der Waals surface area contributed by atoms with Gasteiger partial charge >= 0.3 is 0 Å². The van der Waals surface area contributed by atoms with Crippen LogP contribution in [0.25, 0.3) is 10.9 Å². The van der Waals surface area contributed by atoms with E-state index in [9.17, 15) is 9.90 Å². The zero-order valence-electron chi connectivity index (χ0n) is 18.4. The number of carbonyl (C=O) groups is 1. The van der Waals surface area contributed by atoms with Gasteiger partial charge in [0.1, 0.15) is 5.69 Å². The average Bonchev–Trinajstić information content (AvgIpc) is 2.84. The Kier molecular flexibility index (Phi) is 5.89. The lowest BCUT2D eigenvalue weighted by Gasteiger charge is -2.44. The molecule has 0 spiro atoms. The van der Waals surface area contributed by atoms with Crippen molar-refractivity contribution in [1.82, 2.24) is 19.8 Å². The molecule has 2 saturated heterocycles. The van der Waals surface area contributed by atoms with E-state index in [4.69, 9.17) is 0 Å². The number of rotatable bonds is 4. The van der Waals surface area contributed by atoms with Gasteiger partial charge in [-0.3, -0.25) is 14.7 Å². The highest BCUT2D eigenvalue weighted by Crippen LogP contribution is 2.34. The third-order valence-corrected chi connectivity index (χ3v) is 6.98. The second-order valence-electron chi connectivity index (χ2n) is 9.17. The number of pyridine rings is 2. The van der Waals surface area contributed by atoms with Crippen LogP contribution in [-0.4, -0.2) is 62.6 Å². The van der Waals surface area contributed by atoms with Crippen LogP contribution in [0.2, 0.25) is 0 Å². The first-order valence-corrected chi connectivity index (χ1v) is 11.6. The van der Waals surface area contributed by atoms with E-state index in [1.807, 2.05) is 47.5 Å². The Morgan fingerprint density at radius 3 is 2.69 bits per heavy atom. The Hall–Kier alpha value is -2.83. The minimum Gasteiger partial charge on any atom is -0.388 e. The molecule has 2 aliphatic heterocycles. The lowest BCUT2D eigenvalue weighted by molar-refractivity contribution is -0.0541. The van der Waals surface area contributed by atoms with E-state index in [0.717, 1.165) is 30.3 Å². The third-order valence-electron chi connectivity index (χ3n) is 6.98. The number of benzene rings is 1. The van der Waals surface area contributed by atoms with Gasteiger partial charge in [-0.15, -0.1) is 0 Å². The zero-order valence-corrected chi connectivity index (χ0v) is 18.4. The number of carbonyl (C=O) groups excluding carboxylic acids is 1. The summed E-state index contributed by atoms with van der Waals surface area (Å²) in [5.74, 6) is -0.0518. The molecule has 0 radical (unpaired) electrons. The predicted molar refractivity (Wildman–Crippen MR) is 124 cm³/mol. The van der Waals surface area contributed by atoms with Crippen molar-refractivity contribution in [1.29, 1.82) is 0 Å². The van der Waals surface area contributed by atoms with Gasteiger partial charge in [0.25, 0.3) is 5.91 Å². The van der Waals surface area contributed by atoms with Crippen LogP contribution in [0.4, 0.5) is 0 Å². The normalized spacial score (nSPS) is 21.5. The lowest BCUT2D eigenvalue weighted by Crippen LogP contribution is -2.53. The zero-order chi connectivity index (χ0) is 22.0. The van der Waals surface area contributed by atoms with Crippen LogP contribution >= 0.6 is 0 Å². The highest BCUT2D eigenvalue weighted by molar-refractivity contribution is 5.95. The first-order valence-electron chi connectivity index (χ1n) is 11.6. The molecule has 4 heterocycles. The number of amides is 1. The van der Waals surface area contributed by atoms with Crippen molar-refractivity contribution in [3.05, 3.63) is 72.2 Å². The summed E-state index contributed by atoms with van der Waals surface area (Å²) in [5.41, 5.74) is 1.76. The number of hydrogen-bond acceptors (Lipinski definition) is 5. The van der Waals surface area contributed by atoms with E-state index in [0.29, 0.717) is 44.2 Å². The molecule has 5 rings (SSSR count). The number of likely N-dealkylation sites (tertiary alicyclic amines) is 2. The van der Waals surface area contributed by atoms with Gasteiger partial charge < -0.3 is 10.0 Å². The maximum Gasteiger partial charge on any atom is 0.272 e. The highest BCUT2D eigenvalue weighted by Gasteiger charge is 2.38. The predicted octanol–water partition coefficient (Wildman–Crippen LogP) is 3.82. The number of hydrogen-bond donors (Lipinski definition) is 1. The second kappa shape index (κ2) is 8.96. The topological polar surface area (TPSA) is 69.6 Å². The molecule has 0 unspecified atom stereocenters. The molecule has 1 aromatic carbocycles.